The van der Waals surface area contributed by atoms with Gasteiger partial charge in [-0.25, -0.2) is 0 Å². The third-order valence-electron chi connectivity index (χ3n) is 3.78. The monoisotopic (exact) mass is 241 g/mol. The predicted octanol–water partition coefficient (Wildman–Crippen LogP) is 3.08. The van der Waals surface area contributed by atoms with Crippen LogP contribution in [0.4, 0.5) is 5.69 Å². The summed E-state index contributed by atoms with van der Waals surface area (Å²) in [6.07, 6.45) is 5.62. The smallest absolute Gasteiger partial charge is 0.0653 e. The van der Waals surface area contributed by atoms with Crippen LogP contribution in [0.5, 0.6) is 0 Å². The summed E-state index contributed by atoms with van der Waals surface area (Å²) in [5, 5.41) is 7.77. The van der Waals surface area contributed by atoms with E-state index in [2.05, 4.69) is 41.6 Å². The SMILES string of the molecule is CC(Nc1ccc2c(c1)CCC2)c1ccnn1C. The Labute approximate surface area is 108 Å². The molecule has 1 unspecified atom stereocenters. The number of nitrogens with zero attached hydrogens (tertiary/aromatic N) is 2. The molecule has 3 nitrogen and oxygen atoms in total. The number of aromatic nitrogens is 2. The summed E-state index contributed by atoms with van der Waals surface area (Å²) in [7, 11) is 1.98. The van der Waals surface area contributed by atoms with E-state index in [-0.39, 0.29) is 6.04 Å². The van der Waals surface area contributed by atoms with Gasteiger partial charge >= 0.3 is 0 Å². The van der Waals surface area contributed by atoms with E-state index in [1.165, 1.54) is 41.8 Å². The predicted molar refractivity (Wildman–Crippen MR) is 73.7 cm³/mol. The number of aryl methyl sites for hydroxylation is 3. The minimum absolute atomic E-state index is 0.275. The van der Waals surface area contributed by atoms with Gasteiger partial charge in [0, 0.05) is 18.9 Å². The van der Waals surface area contributed by atoms with Crippen molar-refractivity contribution in [2.45, 2.75) is 32.2 Å². The molecule has 94 valence electrons. The van der Waals surface area contributed by atoms with Crippen LogP contribution in [0.3, 0.4) is 0 Å². The molecule has 1 atom stereocenters. The fourth-order valence-corrected chi connectivity index (χ4v) is 2.79. The number of benzene rings is 1. The van der Waals surface area contributed by atoms with Gasteiger partial charge in [0.15, 0.2) is 0 Å². The second-order valence-corrected chi connectivity index (χ2v) is 5.08. The van der Waals surface area contributed by atoms with Gasteiger partial charge in [0.2, 0.25) is 0 Å². The summed E-state index contributed by atoms with van der Waals surface area (Å²) in [5.41, 5.74) is 5.45. The molecule has 0 spiro atoms. The topological polar surface area (TPSA) is 29.9 Å². The molecule has 0 fully saturated rings. The Balaban J connectivity index is 1.79. The van der Waals surface area contributed by atoms with Crippen LogP contribution in [-0.4, -0.2) is 9.78 Å². The van der Waals surface area contributed by atoms with Crippen molar-refractivity contribution in [1.29, 1.82) is 0 Å². The van der Waals surface area contributed by atoms with E-state index >= 15 is 0 Å². The van der Waals surface area contributed by atoms with Gasteiger partial charge in [-0.3, -0.25) is 4.68 Å². The molecular weight excluding hydrogens is 222 g/mol. The summed E-state index contributed by atoms with van der Waals surface area (Å²) in [5.74, 6) is 0. The third-order valence-corrected chi connectivity index (χ3v) is 3.78. The highest BCUT2D eigenvalue weighted by Crippen LogP contribution is 2.26. The first-order chi connectivity index (χ1) is 8.74. The highest BCUT2D eigenvalue weighted by atomic mass is 15.3. The molecule has 1 N–H and O–H groups in total. The summed E-state index contributed by atoms with van der Waals surface area (Å²) >= 11 is 0. The molecule has 3 rings (SSSR count). The van der Waals surface area contributed by atoms with Crippen LogP contribution in [0.1, 0.15) is 36.2 Å². The fraction of sp³-hybridized carbons (Fsp3) is 0.400. The van der Waals surface area contributed by atoms with Crippen LogP contribution in [0, 0.1) is 0 Å². The van der Waals surface area contributed by atoms with Gasteiger partial charge in [-0.2, -0.15) is 5.10 Å². The van der Waals surface area contributed by atoms with Gasteiger partial charge in [0.1, 0.15) is 0 Å². The lowest BCUT2D eigenvalue weighted by atomic mass is 10.1. The molecule has 0 radical (unpaired) electrons. The maximum atomic E-state index is 4.21. The standard InChI is InChI=1S/C15H19N3/c1-11(15-8-9-16-18(15)2)17-14-7-6-12-4-3-5-13(12)10-14/h6-11,17H,3-5H2,1-2H3. The average molecular weight is 241 g/mol. The third kappa shape index (κ3) is 2.01. The van der Waals surface area contributed by atoms with E-state index in [0.717, 1.165) is 0 Å². The van der Waals surface area contributed by atoms with Crippen LogP contribution in [0.25, 0.3) is 0 Å². The van der Waals surface area contributed by atoms with Crippen molar-refractivity contribution in [3.05, 3.63) is 47.3 Å². The van der Waals surface area contributed by atoms with E-state index < -0.39 is 0 Å². The second-order valence-electron chi connectivity index (χ2n) is 5.08. The molecule has 1 aromatic heterocycles. The van der Waals surface area contributed by atoms with E-state index in [9.17, 15) is 0 Å². The molecule has 18 heavy (non-hydrogen) atoms. The highest BCUT2D eigenvalue weighted by molar-refractivity contribution is 5.51. The van der Waals surface area contributed by atoms with E-state index in [1.807, 2.05) is 17.9 Å². The summed E-state index contributed by atoms with van der Waals surface area (Å²) < 4.78 is 1.92. The number of fused-ring (bicyclic) bond motifs is 1. The Morgan fingerprint density at radius 3 is 2.83 bits per heavy atom. The summed E-state index contributed by atoms with van der Waals surface area (Å²) in [6, 6.07) is 9.09. The van der Waals surface area contributed by atoms with Crippen LogP contribution < -0.4 is 5.32 Å². The van der Waals surface area contributed by atoms with Gasteiger partial charge < -0.3 is 5.32 Å². The maximum Gasteiger partial charge on any atom is 0.0653 e. The molecule has 0 saturated carbocycles. The van der Waals surface area contributed by atoms with Crippen molar-refractivity contribution in [2.75, 3.05) is 5.32 Å². The van der Waals surface area contributed by atoms with Crippen LogP contribution >= 0.6 is 0 Å². The largest absolute Gasteiger partial charge is 0.377 e. The summed E-state index contributed by atoms with van der Waals surface area (Å²) in [6.45, 7) is 2.17. The Morgan fingerprint density at radius 2 is 2.06 bits per heavy atom. The minimum atomic E-state index is 0.275. The zero-order valence-corrected chi connectivity index (χ0v) is 11.0. The maximum absolute atomic E-state index is 4.21. The summed E-state index contributed by atoms with van der Waals surface area (Å²) in [4.78, 5) is 0. The molecule has 3 heteroatoms. The Kier molecular flexibility index (Phi) is 2.82. The van der Waals surface area contributed by atoms with Crippen LogP contribution in [0.15, 0.2) is 30.5 Å². The first-order valence-corrected chi connectivity index (χ1v) is 6.60. The second kappa shape index (κ2) is 4.48. The molecule has 1 aromatic carbocycles. The van der Waals surface area contributed by atoms with Crippen molar-refractivity contribution in [1.82, 2.24) is 9.78 Å². The number of nitrogens with one attached hydrogen (secondary N) is 1. The van der Waals surface area contributed by atoms with Gasteiger partial charge in [-0.15, -0.1) is 0 Å². The molecule has 2 aromatic rings. The van der Waals surface area contributed by atoms with Crippen molar-refractivity contribution in [2.24, 2.45) is 7.05 Å². The number of rotatable bonds is 3. The molecule has 0 aliphatic heterocycles. The highest BCUT2D eigenvalue weighted by Gasteiger charge is 2.13. The molecule has 1 aliphatic carbocycles. The fourth-order valence-electron chi connectivity index (χ4n) is 2.79. The molecular formula is C15H19N3. The number of hydrogen-bond donors (Lipinski definition) is 1. The van der Waals surface area contributed by atoms with E-state index in [1.54, 1.807) is 0 Å². The lowest BCUT2D eigenvalue weighted by molar-refractivity contribution is 0.676. The Morgan fingerprint density at radius 1 is 1.22 bits per heavy atom. The van der Waals surface area contributed by atoms with E-state index in [4.69, 9.17) is 0 Å². The zero-order chi connectivity index (χ0) is 12.5. The number of anilines is 1. The quantitative estimate of drug-likeness (QED) is 0.895. The lowest BCUT2D eigenvalue weighted by Gasteiger charge is -2.16. The molecule has 0 saturated heterocycles. The molecule has 1 aliphatic rings. The van der Waals surface area contributed by atoms with E-state index in [0.29, 0.717) is 0 Å². The van der Waals surface area contributed by atoms with Crippen LogP contribution in [0.2, 0.25) is 0 Å². The first-order valence-electron chi connectivity index (χ1n) is 6.60. The number of hydrogen-bond acceptors (Lipinski definition) is 2. The van der Waals surface area contributed by atoms with Gasteiger partial charge in [0.25, 0.3) is 0 Å². The molecule has 0 amide bonds. The average Bonchev–Trinajstić information content (AvgIpc) is 2.96. The lowest BCUT2D eigenvalue weighted by Crippen LogP contribution is -2.11. The van der Waals surface area contributed by atoms with Gasteiger partial charge in [0.05, 0.1) is 11.7 Å². The molecule has 1 heterocycles. The van der Waals surface area contributed by atoms with Crippen molar-refractivity contribution >= 4 is 5.69 Å². The normalized spacial score (nSPS) is 15.4. The van der Waals surface area contributed by atoms with Crippen molar-refractivity contribution < 1.29 is 0 Å². The Bertz CT molecular complexity index is 557. The van der Waals surface area contributed by atoms with Crippen LogP contribution in [-0.2, 0) is 19.9 Å². The molecule has 0 bridgehead atoms. The van der Waals surface area contributed by atoms with Crippen molar-refractivity contribution in [3.63, 3.8) is 0 Å². The Hall–Kier alpha value is -1.77. The van der Waals surface area contributed by atoms with Crippen molar-refractivity contribution in [3.8, 4) is 0 Å². The first kappa shape index (κ1) is 11.3. The van der Waals surface area contributed by atoms with Gasteiger partial charge in [-0.1, -0.05) is 6.07 Å². The van der Waals surface area contributed by atoms with Gasteiger partial charge in [-0.05, 0) is 55.5 Å². The minimum Gasteiger partial charge on any atom is -0.377 e. The zero-order valence-electron chi connectivity index (χ0n) is 11.0.